The number of aromatic nitrogens is 2. The normalized spacial score (nSPS) is 14.0. The molecule has 3 aromatic rings. The number of benzene rings is 1. The molecule has 0 N–H and O–H groups in total. The summed E-state index contributed by atoms with van der Waals surface area (Å²) < 4.78 is 17.6. The quantitative estimate of drug-likeness (QED) is 0.641. The van der Waals surface area contributed by atoms with Gasteiger partial charge in [0.05, 0.1) is 22.8 Å². The summed E-state index contributed by atoms with van der Waals surface area (Å²) >= 11 is 13.4. The molecule has 0 radical (unpaired) electrons. The summed E-state index contributed by atoms with van der Waals surface area (Å²) in [6, 6.07) is 8.45. The summed E-state index contributed by atoms with van der Waals surface area (Å²) in [6.07, 6.45) is 4.94. The highest BCUT2D eigenvalue weighted by Gasteiger charge is 2.38. The van der Waals surface area contributed by atoms with Crippen molar-refractivity contribution in [2.24, 2.45) is 0 Å². The molecule has 0 amide bonds. The van der Waals surface area contributed by atoms with Gasteiger partial charge >= 0.3 is 0 Å². The smallest absolute Gasteiger partial charge is 0.189 e. The van der Waals surface area contributed by atoms with Gasteiger partial charge in [0.2, 0.25) is 0 Å². The minimum Gasteiger partial charge on any atom is -0.334 e. The molecule has 1 atom stereocenters. The Morgan fingerprint density at radius 2 is 1.95 bits per heavy atom. The fourth-order valence-corrected chi connectivity index (χ4v) is 3.65. The third-order valence-electron chi connectivity index (χ3n) is 3.24. The van der Waals surface area contributed by atoms with Crippen LogP contribution in [-0.4, -0.2) is 9.55 Å². The van der Waals surface area contributed by atoms with Crippen molar-refractivity contribution in [1.29, 1.82) is 0 Å². The van der Waals surface area contributed by atoms with Gasteiger partial charge in [-0.1, -0.05) is 35.3 Å². The minimum atomic E-state index is -1.73. The second-order valence-electron chi connectivity index (χ2n) is 4.64. The summed E-state index contributed by atoms with van der Waals surface area (Å²) in [5.41, 5.74) is -1.21. The monoisotopic (exact) mass is 340 g/mol. The van der Waals surface area contributed by atoms with Gasteiger partial charge in [-0.05, 0) is 29.1 Å². The van der Waals surface area contributed by atoms with E-state index in [1.54, 1.807) is 59.0 Å². The van der Waals surface area contributed by atoms with Crippen molar-refractivity contribution in [1.82, 2.24) is 9.55 Å². The topological polar surface area (TPSA) is 17.8 Å². The summed E-state index contributed by atoms with van der Waals surface area (Å²) in [4.78, 5) is 4.45. The Balaban J connectivity index is 2.10. The molecule has 0 bridgehead atoms. The van der Waals surface area contributed by atoms with E-state index >= 15 is 4.39 Å². The van der Waals surface area contributed by atoms with Crippen molar-refractivity contribution < 1.29 is 4.39 Å². The number of alkyl halides is 1. The molecule has 0 aliphatic rings. The predicted molar refractivity (Wildman–Crippen MR) is 84.9 cm³/mol. The van der Waals surface area contributed by atoms with Crippen LogP contribution in [0.25, 0.3) is 0 Å². The van der Waals surface area contributed by atoms with E-state index in [0.29, 0.717) is 20.5 Å². The summed E-state index contributed by atoms with van der Waals surface area (Å²) in [6.45, 7) is 0.106. The predicted octanol–water partition coefficient (Wildman–Crippen LogP) is 5.16. The van der Waals surface area contributed by atoms with Gasteiger partial charge in [0.1, 0.15) is 0 Å². The Hall–Kier alpha value is -1.36. The first-order chi connectivity index (χ1) is 10.1. The lowest BCUT2D eigenvalue weighted by molar-refractivity contribution is 0.194. The van der Waals surface area contributed by atoms with Crippen molar-refractivity contribution in [3.63, 3.8) is 0 Å². The second-order valence-corrected chi connectivity index (χ2v) is 6.40. The van der Waals surface area contributed by atoms with Crippen LogP contribution in [0.2, 0.25) is 10.0 Å². The fourth-order valence-electron chi connectivity index (χ4n) is 2.22. The molecule has 3 rings (SSSR count). The third-order valence-corrected chi connectivity index (χ3v) is 4.97. The zero-order valence-corrected chi connectivity index (χ0v) is 13.2. The molecule has 2 heterocycles. The highest BCUT2D eigenvalue weighted by atomic mass is 35.5. The van der Waals surface area contributed by atoms with E-state index in [-0.39, 0.29) is 6.54 Å². The average Bonchev–Trinajstić information content (AvgIpc) is 3.11. The Kier molecular flexibility index (Phi) is 4.02. The molecule has 1 unspecified atom stereocenters. The van der Waals surface area contributed by atoms with Crippen LogP contribution in [0.15, 0.2) is 54.4 Å². The van der Waals surface area contributed by atoms with Gasteiger partial charge in [0.25, 0.3) is 0 Å². The second kappa shape index (κ2) is 5.79. The maximum atomic E-state index is 15.9. The Morgan fingerprint density at radius 1 is 1.19 bits per heavy atom. The van der Waals surface area contributed by atoms with E-state index in [4.69, 9.17) is 23.2 Å². The first-order valence-corrected chi connectivity index (χ1v) is 7.87. The SMILES string of the molecule is FC(Cn1ccnc1)(c1ccc(Cl)cc1)c1sccc1Cl. The molecule has 0 spiro atoms. The van der Waals surface area contributed by atoms with Crippen LogP contribution in [0, 0.1) is 0 Å². The van der Waals surface area contributed by atoms with E-state index in [1.807, 2.05) is 0 Å². The first kappa shape index (κ1) is 14.6. The molecule has 0 fully saturated rings. The van der Waals surface area contributed by atoms with Crippen LogP contribution < -0.4 is 0 Å². The lowest BCUT2D eigenvalue weighted by Crippen LogP contribution is -2.27. The van der Waals surface area contributed by atoms with Gasteiger partial charge in [-0.15, -0.1) is 11.3 Å². The zero-order valence-electron chi connectivity index (χ0n) is 10.8. The maximum absolute atomic E-state index is 15.9. The standard InChI is InChI=1S/C15H11Cl2FN2S/c16-12-3-1-11(2-4-12)15(18,9-20-7-6-19-10-20)14-13(17)5-8-21-14/h1-8,10H,9H2. The van der Waals surface area contributed by atoms with Crippen LogP contribution in [0.1, 0.15) is 10.4 Å². The number of hydrogen-bond donors (Lipinski definition) is 0. The molecule has 0 saturated carbocycles. The highest BCUT2D eigenvalue weighted by molar-refractivity contribution is 7.10. The number of imidazole rings is 1. The largest absolute Gasteiger partial charge is 0.334 e. The molecule has 108 valence electrons. The van der Waals surface area contributed by atoms with Crippen molar-refractivity contribution in [3.8, 4) is 0 Å². The van der Waals surface area contributed by atoms with Gasteiger partial charge in [-0.3, -0.25) is 0 Å². The number of rotatable bonds is 4. The van der Waals surface area contributed by atoms with Gasteiger partial charge < -0.3 is 4.57 Å². The number of halogens is 3. The Labute approximate surface area is 135 Å². The number of hydrogen-bond acceptors (Lipinski definition) is 2. The van der Waals surface area contributed by atoms with E-state index in [0.717, 1.165) is 0 Å². The molecule has 0 aliphatic carbocycles. The zero-order chi connectivity index (χ0) is 14.9. The van der Waals surface area contributed by atoms with Crippen molar-refractivity contribution in [2.75, 3.05) is 0 Å². The molecule has 2 aromatic heterocycles. The van der Waals surface area contributed by atoms with Crippen LogP contribution >= 0.6 is 34.5 Å². The van der Waals surface area contributed by atoms with Crippen LogP contribution in [-0.2, 0) is 12.2 Å². The molecule has 0 aliphatic heterocycles. The molecule has 1 aromatic carbocycles. The highest BCUT2D eigenvalue weighted by Crippen LogP contribution is 2.42. The molecule has 2 nitrogen and oxygen atoms in total. The van der Waals surface area contributed by atoms with Gasteiger partial charge in [-0.2, -0.15) is 0 Å². The van der Waals surface area contributed by atoms with Crippen LogP contribution in [0.4, 0.5) is 4.39 Å². The summed E-state index contributed by atoms with van der Waals surface area (Å²) in [7, 11) is 0. The van der Waals surface area contributed by atoms with E-state index in [9.17, 15) is 0 Å². The van der Waals surface area contributed by atoms with Crippen LogP contribution in [0.5, 0.6) is 0 Å². The summed E-state index contributed by atoms with van der Waals surface area (Å²) in [5, 5.41) is 2.79. The Bertz CT molecular complexity index is 724. The molecular weight excluding hydrogens is 330 g/mol. The lowest BCUT2D eigenvalue weighted by atomic mass is 9.93. The minimum absolute atomic E-state index is 0.106. The molecule has 6 heteroatoms. The maximum Gasteiger partial charge on any atom is 0.189 e. The average molecular weight is 341 g/mol. The molecular formula is C15H11Cl2FN2S. The Morgan fingerprint density at radius 3 is 2.52 bits per heavy atom. The van der Waals surface area contributed by atoms with Gasteiger partial charge in [0.15, 0.2) is 5.67 Å². The number of nitrogens with zero attached hydrogens (tertiary/aromatic N) is 2. The molecule has 0 saturated heterocycles. The van der Waals surface area contributed by atoms with Gasteiger partial charge in [-0.25, -0.2) is 9.37 Å². The van der Waals surface area contributed by atoms with Crippen LogP contribution in [0.3, 0.4) is 0 Å². The van der Waals surface area contributed by atoms with Crippen molar-refractivity contribution >= 4 is 34.5 Å². The summed E-state index contributed by atoms with van der Waals surface area (Å²) in [5.74, 6) is 0. The van der Waals surface area contributed by atoms with Gasteiger partial charge in [0, 0.05) is 17.4 Å². The third kappa shape index (κ3) is 2.84. The van der Waals surface area contributed by atoms with Crippen molar-refractivity contribution in [2.45, 2.75) is 12.2 Å². The van der Waals surface area contributed by atoms with E-state index < -0.39 is 5.67 Å². The fraction of sp³-hybridized carbons (Fsp3) is 0.133. The lowest BCUT2D eigenvalue weighted by Gasteiger charge is -2.26. The van der Waals surface area contributed by atoms with E-state index in [2.05, 4.69) is 4.98 Å². The molecule has 21 heavy (non-hydrogen) atoms. The van der Waals surface area contributed by atoms with Crippen molar-refractivity contribution in [3.05, 3.63) is 74.9 Å². The first-order valence-electron chi connectivity index (χ1n) is 6.24. The van der Waals surface area contributed by atoms with E-state index in [1.165, 1.54) is 11.3 Å². The number of thiophene rings is 1.